The van der Waals surface area contributed by atoms with Crippen molar-refractivity contribution >= 4 is 33.9 Å². The van der Waals surface area contributed by atoms with E-state index in [0.717, 1.165) is 52.3 Å². The molecule has 1 atom stereocenters. The predicted molar refractivity (Wildman–Crippen MR) is 180 cm³/mol. The van der Waals surface area contributed by atoms with Crippen LogP contribution in [-0.2, 0) is 13.0 Å². The lowest BCUT2D eigenvalue weighted by atomic mass is 9.83. The molecule has 0 fully saturated rings. The highest BCUT2D eigenvalue weighted by molar-refractivity contribution is 7.07. The molecule has 5 aromatic carbocycles. The second-order valence-electron chi connectivity index (χ2n) is 11.4. The largest absolute Gasteiger partial charge is 0.497 e. The van der Waals surface area contributed by atoms with E-state index in [0.29, 0.717) is 15.9 Å². The first-order valence-electron chi connectivity index (χ1n) is 15.1. The van der Waals surface area contributed by atoms with Crippen molar-refractivity contribution in [2.45, 2.75) is 25.5 Å². The minimum atomic E-state index is -0.264. The molecule has 0 saturated heterocycles. The number of methoxy groups -OCH3 is 1. The molecule has 6 heteroatoms. The van der Waals surface area contributed by atoms with Gasteiger partial charge < -0.3 is 9.47 Å². The smallest absolute Gasteiger partial charge is 0.271 e. The first-order chi connectivity index (χ1) is 22.2. The van der Waals surface area contributed by atoms with E-state index in [2.05, 4.69) is 66.7 Å². The van der Waals surface area contributed by atoms with Gasteiger partial charge in [-0.25, -0.2) is 4.99 Å². The van der Waals surface area contributed by atoms with E-state index < -0.39 is 0 Å². The van der Waals surface area contributed by atoms with Gasteiger partial charge in [0.15, 0.2) is 4.80 Å². The molecule has 220 valence electrons. The fourth-order valence-corrected chi connectivity index (χ4v) is 7.57. The molecule has 5 nitrogen and oxygen atoms in total. The summed E-state index contributed by atoms with van der Waals surface area (Å²) in [5.41, 5.74) is 7.53. The van der Waals surface area contributed by atoms with Crippen LogP contribution in [-0.4, -0.2) is 11.7 Å². The van der Waals surface area contributed by atoms with Gasteiger partial charge in [0.25, 0.3) is 5.56 Å². The summed E-state index contributed by atoms with van der Waals surface area (Å²) in [6, 6.07) is 38.8. The maximum absolute atomic E-state index is 14.3. The SMILES string of the molecule is COc1cccc([C@@H]2C3=C(N=c4s/c(=C\c5ccccc5OCc5cccc6ccccc56)c(=O)n42)c2ccccc2CC3)c1. The third-order valence-electron chi connectivity index (χ3n) is 8.75. The number of aryl methyl sites for hydroxylation is 1. The molecule has 0 radical (unpaired) electrons. The van der Waals surface area contributed by atoms with E-state index in [1.54, 1.807) is 7.11 Å². The zero-order valence-electron chi connectivity index (χ0n) is 24.8. The molecule has 45 heavy (non-hydrogen) atoms. The highest BCUT2D eigenvalue weighted by Crippen LogP contribution is 2.41. The lowest BCUT2D eigenvalue weighted by Gasteiger charge is -2.31. The molecular weight excluding hydrogens is 577 g/mol. The van der Waals surface area contributed by atoms with Crippen LogP contribution < -0.4 is 24.4 Å². The lowest BCUT2D eigenvalue weighted by molar-refractivity contribution is 0.307. The number of aromatic nitrogens is 1. The molecule has 1 aliphatic carbocycles. The zero-order valence-corrected chi connectivity index (χ0v) is 25.6. The minimum Gasteiger partial charge on any atom is -0.497 e. The van der Waals surface area contributed by atoms with Crippen LogP contribution in [0.2, 0.25) is 0 Å². The van der Waals surface area contributed by atoms with Gasteiger partial charge in [-0.05, 0) is 70.2 Å². The highest BCUT2D eigenvalue weighted by atomic mass is 32.1. The van der Waals surface area contributed by atoms with Crippen molar-refractivity contribution in [2.75, 3.05) is 7.11 Å². The van der Waals surface area contributed by atoms with Crippen LogP contribution >= 0.6 is 11.3 Å². The Kier molecular flexibility index (Phi) is 6.92. The van der Waals surface area contributed by atoms with Crippen LogP contribution in [0.3, 0.4) is 0 Å². The number of benzene rings is 5. The van der Waals surface area contributed by atoms with Gasteiger partial charge >= 0.3 is 0 Å². The maximum atomic E-state index is 14.3. The predicted octanol–water partition coefficient (Wildman–Crippen LogP) is 7.06. The Morgan fingerprint density at radius 1 is 0.889 bits per heavy atom. The maximum Gasteiger partial charge on any atom is 0.271 e. The second-order valence-corrected chi connectivity index (χ2v) is 12.4. The van der Waals surface area contributed by atoms with Gasteiger partial charge in [0, 0.05) is 11.1 Å². The van der Waals surface area contributed by atoms with Crippen LogP contribution in [0.4, 0.5) is 0 Å². The van der Waals surface area contributed by atoms with Crippen molar-refractivity contribution in [2.24, 2.45) is 4.99 Å². The summed E-state index contributed by atoms with van der Waals surface area (Å²) in [7, 11) is 1.67. The van der Waals surface area contributed by atoms with Crippen LogP contribution in [0.15, 0.2) is 131 Å². The minimum absolute atomic E-state index is 0.0548. The molecule has 0 bridgehead atoms. The summed E-state index contributed by atoms with van der Waals surface area (Å²) >= 11 is 1.43. The topological polar surface area (TPSA) is 52.8 Å². The third-order valence-corrected chi connectivity index (χ3v) is 9.73. The molecule has 1 aromatic heterocycles. The van der Waals surface area contributed by atoms with E-state index in [1.807, 2.05) is 59.2 Å². The first-order valence-corrected chi connectivity index (χ1v) is 15.9. The monoisotopic (exact) mass is 606 g/mol. The molecule has 0 saturated carbocycles. The van der Waals surface area contributed by atoms with Crippen molar-refractivity contribution in [3.63, 3.8) is 0 Å². The van der Waals surface area contributed by atoms with Crippen molar-refractivity contribution in [1.82, 2.24) is 4.57 Å². The molecule has 0 unspecified atom stereocenters. The number of fused-ring (bicyclic) bond motifs is 4. The Labute approximate surface area is 264 Å². The Bertz CT molecular complexity index is 2310. The molecule has 0 N–H and O–H groups in total. The summed E-state index contributed by atoms with van der Waals surface area (Å²) < 4.78 is 14.5. The van der Waals surface area contributed by atoms with Crippen molar-refractivity contribution in [3.8, 4) is 11.5 Å². The van der Waals surface area contributed by atoms with Gasteiger partial charge in [-0.15, -0.1) is 0 Å². The van der Waals surface area contributed by atoms with Crippen molar-refractivity contribution in [1.29, 1.82) is 0 Å². The van der Waals surface area contributed by atoms with Gasteiger partial charge in [-0.1, -0.05) is 108 Å². The van der Waals surface area contributed by atoms with Crippen LogP contribution in [0, 0.1) is 0 Å². The Hall–Kier alpha value is -5.20. The quantitative estimate of drug-likeness (QED) is 0.204. The molecular formula is C39H30N2O3S. The molecule has 0 spiro atoms. The number of thiazole rings is 1. The van der Waals surface area contributed by atoms with Crippen LogP contribution in [0.5, 0.6) is 11.5 Å². The lowest BCUT2D eigenvalue weighted by Crippen LogP contribution is -2.38. The number of hydrogen-bond acceptors (Lipinski definition) is 5. The van der Waals surface area contributed by atoms with E-state index >= 15 is 0 Å². The van der Waals surface area contributed by atoms with E-state index in [4.69, 9.17) is 14.5 Å². The number of hydrogen-bond donors (Lipinski definition) is 0. The highest BCUT2D eigenvalue weighted by Gasteiger charge is 2.32. The van der Waals surface area contributed by atoms with Gasteiger partial charge in [-0.3, -0.25) is 9.36 Å². The standard InChI is InChI=1S/C39H30N2O3S/c1-43-30-16-9-14-28(22-30)37-33-21-20-26-11-3-6-18-32(26)36(33)40-39-41(37)38(42)35(45-39)23-27-12-4-7-19-34(27)44-24-29-15-8-13-25-10-2-5-17-31(25)29/h2-19,22-23,37H,20-21,24H2,1H3/b35-23-/t37-/m1/s1. The van der Waals surface area contributed by atoms with E-state index in [1.165, 1.54) is 33.2 Å². The molecule has 2 aliphatic rings. The Balaban J connectivity index is 1.24. The molecule has 0 amide bonds. The Morgan fingerprint density at radius 3 is 2.62 bits per heavy atom. The number of nitrogens with zero attached hydrogens (tertiary/aromatic N) is 2. The first kappa shape index (κ1) is 27.4. The van der Waals surface area contributed by atoms with E-state index in [9.17, 15) is 4.79 Å². The third kappa shape index (κ3) is 4.88. The van der Waals surface area contributed by atoms with Gasteiger partial charge in [0.05, 0.1) is 23.4 Å². The number of ether oxygens (including phenoxy) is 2. The average Bonchev–Trinajstić information content (AvgIpc) is 3.40. The van der Waals surface area contributed by atoms with Crippen molar-refractivity contribution in [3.05, 3.63) is 168 Å². The molecule has 8 rings (SSSR count). The summed E-state index contributed by atoms with van der Waals surface area (Å²) in [6.45, 7) is 0.426. The summed E-state index contributed by atoms with van der Waals surface area (Å²) in [5.74, 6) is 1.50. The van der Waals surface area contributed by atoms with Crippen LogP contribution in [0.1, 0.15) is 40.3 Å². The van der Waals surface area contributed by atoms with E-state index in [-0.39, 0.29) is 11.6 Å². The van der Waals surface area contributed by atoms with Gasteiger partial charge in [-0.2, -0.15) is 0 Å². The number of allylic oxidation sites excluding steroid dienone is 1. The summed E-state index contributed by atoms with van der Waals surface area (Å²) in [4.78, 5) is 20.2. The molecule has 1 aliphatic heterocycles. The molecule has 6 aromatic rings. The normalized spacial score (nSPS) is 15.7. The van der Waals surface area contributed by atoms with Crippen LogP contribution in [0.25, 0.3) is 22.5 Å². The van der Waals surface area contributed by atoms with Gasteiger partial charge in [0.2, 0.25) is 0 Å². The molecule has 2 heterocycles. The number of rotatable bonds is 6. The fraction of sp³-hybridized carbons (Fsp3) is 0.128. The summed E-state index contributed by atoms with van der Waals surface area (Å²) in [5, 5.41) is 2.36. The average molecular weight is 607 g/mol. The fourth-order valence-electron chi connectivity index (χ4n) is 6.58. The van der Waals surface area contributed by atoms with Gasteiger partial charge in [0.1, 0.15) is 18.1 Å². The second kappa shape index (κ2) is 11.4. The zero-order chi connectivity index (χ0) is 30.3. The number of para-hydroxylation sites is 1. The summed E-state index contributed by atoms with van der Waals surface area (Å²) in [6.07, 6.45) is 3.70. The Morgan fingerprint density at radius 2 is 1.69 bits per heavy atom. The van der Waals surface area contributed by atoms with Crippen molar-refractivity contribution < 1.29 is 9.47 Å².